The van der Waals surface area contributed by atoms with Gasteiger partial charge in [-0.3, -0.25) is 9.69 Å². The van der Waals surface area contributed by atoms with Crippen LogP contribution in [0.5, 0.6) is 0 Å². The Morgan fingerprint density at radius 2 is 2.12 bits per heavy atom. The SMILES string of the molecule is CC1CCN(C(C)(C)C)C(CC(=O)O)CN1. The Labute approximate surface area is 98.0 Å². The highest BCUT2D eigenvalue weighted by atomic mass is 16.4. The van der Waals surface area contributed by atoms with Gasteiger partial charge in [0.05, 0.1) is 6.42 Å². The van der Waals surface area contributed by atoms with Crippen molar-refractivity contribution in [3.63, 3.8) is 0 Å². The normalized spacial score (nSPS) is 28.8. The topological polar surface area (TPSA) is 52.6 Å². The summed E-state index contributed by atoms with van der Waals surface area (Å²) in [6.45, 7) is 10.3. The van der Waals surface area contributed by atoms with Gasteiger partial charge in [-0.1, -0.05) is 0 Å². The number of carboxylic acids is 1. The van der Waals surface area contributed by atoms with Crippen LogP contribution < -0.4 is 5.32 Å². The van der Waals surface area contributed by atoms with Gasteiger partial charge in [0.15, 0.2) is 0 Å². The van der Waals surface area contributed by atoms with Crippen molar-refractivity contribution in [3.8, 4) is 0 Å². The number of carbonyl (C=O) groups is 1. The molecule has 1 rings (SSSR count). The minimum Gasteiger partial charge on any atom is -0.481 e. The van der Waals surface area contributed by atoms with Crippen LogP contribution in [-0.2, 0) is 4.79 Å². The van der Waals surface area contributed by atoms with Crippen molar-refractivity contribution in [2.45, 2.75) is 58.2 Å². The number of rotatable bonds is 2. The maximum Gasteiger partial charge on any atom is 0.304 e. The van der Waals surface area contributed by atoms with Gasteiger partial charge in [0.25, 0.3) is 0 Å². The third kappa shape index (κ3) is 3.76. The van der Waals surface area contributed by atoms with Crippen molar-refractivity contribution in [1.82, 2.24) is 10.2 Å². The molecule has 16 heavy (non-hydrogen) atoms. The molecule has 1 saturated heterocycles. The highest BCUT2D eigenvalue weighted by Gasteiger charge is 2.32. The predicted octanol–water partition coefficient (Wildman–Crippen LogP) is 1.31. The summed E-state index contributed by atoms with van der Waals surface area (Å²) in [5.74, 6) is -0.712. The lowest BCUT2D eigenvalue weighted by atomic mass is 10.0. The Hall–Kier alpha value is -0.610. The summed E-state index contributed by atoms with van der Waals surface area (Å²) >= 11 is 0. The van der Waals surface area contributed by atoms with Crippen molar-refractivity contribution >= 4 is 5.97 Å². The van der Waals surface area contributed by atoms with Gasteiger partial charge in [0.2, 0.25) is 0 Å². The first kappa shape index (κ1) is 13.5. The number of nitrogens with one attached hydrogen (secondary N) is 1. The zero-order chi connectivity index (χ0) is 12.3. The molecule has 2 unspecified atom stereocenters. The van der Waals surface area contributed by atoms with E-state index >= 15 is 0 Å². The molecular weight excluding hydrogens is 204 g/mol. The fraction of sp³-hybridized carbons (Fsp3) is 0.917. The lowest BCUT2D eigenvalue weighted by molar-refractivity contribution is -0.138. The molecule has 1 fully saturated rings. The van der Waals surface area contributed by atoms with Crippen LogP contribution in [0.15, 0.2) is 0 Å². The average molecular weight is 228 g/mol. The lowest BCUT2D eigenvalue weighted by Gasteiger charge is -2.40. The predicted molar refractivity (Wildman–Crippen MR) is 64.6 cm³/mol. The van der Waals surface area contributed by atoms with Gasteiger partial charge in [-0.15, -0.1) is 0 Å². The van der Waals surface area contributed by atoms with Gasteiger partial charge >= 0.3 is 5.97 Å². The second-order valence-electron chi connectivity index (χ2n) is 5.71. The zero-order valence-electron chi connectivity index (χ0n) is 10.8. The van der Waals surface area contributed by atoms with Crippen LogP contribution in [0.25, 0.3) is 0 Å². The lowest BCUT2D eigenvalue weighted by Crippen LogP contribution is -2.51. The van der Waals surface area contributed by atoms with Crippen molar-refractivity contribution in [3.05, 3.63) is 0 Å². The summed E-state index contributed by atoms with van der Waals surface area (Å²) in [7, 11) is 0. The fourth-order valence-corrected chi connectivity index (χ4v) is 2.33. The first-order valence-corrected chi connectivity index (χ1v) is 6.02. The molecular formula is C12H24N2O2. The molecule has 94 valence electrons. The first-order chi connectivity index (χ1) is 7.30. The standard InChI is InChI=1S/C12H24N2O2/c1-9-5-6-14(12(2,3)4)10(8-13-9)7-11(15)16/h9-10,13H,5-8H2,1-4H3,(H,15,16). The van der Waals surface area contributed by atoms with Crippen LogP contribution in [-0.4, -0.2) is 46.7 Å². The van der Waals surface area contributed by atoms with E-state index in [0.717, 1.165) is 19.5 Å². The van der Waals surface area contributed by atoms with E-state index in [1.807, 2.05) is 0 Å². The van der Waals surface area contributed by atoms with E-state index in [9.17, 15) is 4.79 Å². The fourth-order valence-electron chi connectivity index (χ4n) is 2.33. The van der Waals surface area contributed by atoms with Crippen molar-refractivity contribution < 1.29 is 9.90 Å². The van der Waals surface area contributed by atoms with Crippen molar-refractivity contribution in [2.24, 2.45) is 0 Å². The second-order valence-corrected chi connectivity index (χ2v) is 5.71. The molecule has 0 aromatic carbocycles. The van der Waals surface area contributed by atoms with Gasteiger partial charge in [0, 0.05) is 30.7 Å². The summed E-state index contributed by atoms with van der Waals surface area (Å²) in [6, 6.07) is 0.575. The van der Waals surface area contributed by atoms with Crippen LogP contribution >= 0.6 is 0 Å². The Balaban J connectivity index is 2.76. The second kappa shape index (κ2) is 5.15. The van der Waals surface area contributed by atoms with E-state index in [0.29, 0.717) is 6.04 Å². The Morgan fingerprint density at radius 3 is 2.62 bits per heavy atom. The molecule has 0 bridgehead atoms. The Bertz CT molecular complexity index is 248. The molecule has 0 saturated carbocycles. The molecule has 1 aliphatic rings. The van der Waals surface area contributed by atoms with Gasteiger partial charge in [-0.25, -0.2) is 0 Å². The van der Waals surface area contributed by atoms with Gasteiger partial charge in [-0.2, -0.15) is 0 Å². The zero-order valence-corrected chi connectivity index (χ0v) is 10.8. The molecule has 0 spiro atoms. The van der Waals surface area contributed by atoms with E-state index < -0.39 is 5.97 Å². The Kier molecular flexibility index (Phi) is 4.33. The van der Waals surface area contributed by atoms with Crippen LogP contribution in [0.2, 0.25) is 0 Å². The third-order valence-electron chi connectivity index (χ3n) is 3.22. The van der Waals surface area contributed by atoms with Crippen LogP contribution in [0.4, 0.5) is 0 Å². The minimum atomic E-state index is -0.712. The van der Waals surface area contributed by atoms with E-state index in [-0.39, 0.29) is 18.0 Å². The number of nitrogens with zero attached hydrogens (tertiary/aromatic N) is 1. The first-order valence-electron chi connectivity index (χ1n) is 6.02. The number of aliphatic carboxylic acids is 1. The molecule has 1 aliphatic heterocycles. The Morgan fingerprint density at radius 1 is 1.50 bits per heavy atom. The minimum absolute atomic E-state index is 0.0336. The van der Waals surface area contributed by atoms with Gasteiger partial charge < -0.3 is 10.4 Å². The molecule has 0 aromatic rings. The molecule has 1 heterocycles. The summed E-state index contributed by atoms with van der Waals surface area (Å²) in [6.07, 6.45) is 1.30. The van der Waals surface area contributed by atoms with E-state index in [1.54, 1.807) is 0 Å². The molecule has 0 radical (unpaired) electrons. The van der Waals surface area contributed by atoms with Crippen LogP contribution in [0, 0.1) is 0 Å². The smallest absolute Gasteiger partial charge is 0.304 e. The maximum atomic E-state index is 10.9. The average Bonchev–Trinajstić information content (AvgIpc) is 2.26. The van der Waals surface area contributed by atoms with Gasteiger partial charge in [0.1, 0.15) is 0 Å². The molecule has 2 atom stereocenters. The monoisotopic (exact) mass is 228 g/mol. The highest BCUT2D eigenvalue weighted by molar-refractivity contribution is 5.67. The van der Waals surface area contributed by atoms with Crippen molar-refractivity contribution in [2.75, 3.05) is 13.1 Å². The summed E-state index contributed by atoms with van der Waals surface area (Å²) in [4.78, 5) is 13.2. The van der Waals surface area contributed by atoms with E-state index in [4.69, 9.17) is 5.11 Å². The largest absolute Gasteiger partial charge is 0.481 e. The molecule has 0 amide bonds. The summed E-state index contributed by atoms with van der Waals surface area (Å²) in [5.41, 5.74) is 0.0336. The number of hydrogen-bond acceptors (Lipinski definition) is 3. The van der Waals surface area contributed by atoms with E-state index in [2.05, 4.69) is 37.9 Å². The van der Waals surface area contributed by atoms with Crippen molar-refractivity contribution in [1.29, 1.82) is 0 Å². The molecule has 0 aliphatic carbocycles. The summed E-state index contributed by atoms with van der Waals surface area (Å²) < 4.78 is 0. The molecule has 2 N–H and O–H groups in total. The number of hydrogen-bond donors (Lipinski definition) is 2. The maximum absolute atomic E-state index is 10.9. The van der Waals surface area contributed by atoms with Crippen LogP contribution in [0.3, 0.4) is 0 Å². The van der Waals surface area contributed by atoms with E-state index in [1.165, 1.54) is 0 Å². The third-order valence-corrected chi connectivity index (χ3v) is 3.22. The van der Waals surface area contributed by atoms with Crippen LogP contribution in [0.1, 0.15) is 40.5 Å². The number of carboxylic acid groups (broad SMARTS) is 1. The molecule has 0 aromatic heterocycles. The van der Waals surface area contributed by atoms with Gasteiger partial charge in [-0.05, 0) is 34.1 Å². The quantitative estimate of drug-likeness (QED) is 0.748. The summed E-state index contributed by atoms with van der Waals surface area (Å²) in [5, 5.41) is 12.3. The molecule has 4 heteroatoms. The molecule has 4 nitrogen and oxygen atoms in total. The highest BCUT2D eigenvalue weighted by Crippen LogP contribution is 2.21.